The van der Waals surface area contributed by atoms with Gasteiger partial charge in [0.25, 0.3) is 0 Å². The number of halogens is 4. The van der Waals surface area contributed by atoms with Crippen LogP contribution in [0.5, 0.6) is 0 Å². The van der Waals surface area contributed by atoms with Crippen molar-refractivity contribution in [2.45, 2.75) is 51.6 Å². The van der Waals surface area contributed by atoms with Gasteiger partial charge in [-0.05, 0) is 12.8 Å². The van der Waals surface area contributed by atoms with Crippen LogP contribution in [-0.2, 0) is 4.57 Å². The summed E-state index contributed by atoms with van der Waals surface area (Å²) in [5, 5.41) is 3.80. The van der Waals surface area contributed by atoms with Gasteiger partial charge < -0.3 is 20.0 Å². The molecule has 10 heteroatoms. The molecule has 3 N–H and O–H groups in total. The van der Waals surface area contributed by atoms with Crippen LogP contribution in [0.15, 0.2) is 0 Å². The summed E-state index contributed by atoms with van der Waals surface area (Å²) in [5.41, 5.74) is 0. The van der Waals surface area contributed by atoms with E-state index in [1.807, 2.05) is 0 Å². The number of nitrogens with zero attached hydrogens (tertiary/aromatic N) is 1. The maximum atomic E-state index is 11.9. The Morgan fingerprint density at radius 3 is 1.44 bits per heavy atom. The highest BCUT2D eigenvalue weighted by Gasteiger charge is 2.12. The Labute approximate surface area is 102 Å². The second kappa shape index (κ2) is 9.69. The number of phosphoric acid groups is 1. The standard InChI is InChI=1S/C8H14F4N.H3O4P/c1-5(2)13-6(3-7(9)10)4-8(11)12;1-5(2,3)4/h5-8H,3-4H2,1-2H3;(H3,1,2,3,4)/q-1;. The smallest absolute Gasteiger partial charge is 0.466 e. The van der Waals surface area contributed by atoms with Gasteiger partial charge in [0.2, 0.25) is 12.9 Å². The van der Waals surface area contributed by atoms with E-state index in [0.717, 1.165) is 0 Å². The Hall–Kier alpha value is -0.210. The third-order valence-electron chi connectivity index (χ3n) is 1.41. The van der Waals surface area contributed by atoms with Gasteiger partial charge in [0.1, 0.15) is 0 Å². The molecule has 0 aromatic carbocycles. The van der Waals surface area contributed by atoms with E-state index in [-0.39, 0.29) is 6.04 Å². The molecule has 0 aliphatic rings. The Bertz CT molecular complexity index is 217. The van der Waals surface area contributed by atoms with Gasteiger partial charge in [0.15, 0.2) is 0 Å². The van der Waals surface area contributed by atoms with Crippen molar-refractivity contribution in [2.24, 2.45) is 0 Å². The van der Waals surface area contributed by atoms with E-state index in [9.17, 15) is 17.6 Å². The minimum atomic E-state index is -4.64. The highest BCUT2D eigenvalue weighted by molar-refractivity contribution is 7.45. The second-order valence-corrected chi connectivity index (χ2v) is 4.69. The first-order chi connectivity index (χ1) is 7.91. The molecule has 0 saturated carbocycles. The summed E-state index contributed by atoms with van der Waals surface area (Å²) in [6.45, 7) is 3.37. The van der Waals surface area contributed by atoms with Crippen LogP contribution < -0.4 is 0 Å². The van der Waals surface area contributed by atoms with E-state index in [4.69, 9.17) is 19.2 Å². The molecule has 0 rings (SSSR count). The molecule has 0 saturated heterocycles. The lowest BCUT2D eigenvalue weighted by Crippen LogP contribution is -2.18. The number of hydrogen-bond donors (Lipinski definition) is 3. The van der Waals surface area contributed by atoms with Crippen LogP contribution in [0.3, 0.4) is 0 Å². The molecule has 0 fully saturated rings. The molecule has 0 bridgehead atoms. The molecule has 0 heterocycles. The number of hydrogen-bond acceptors (Lipinski definition) is 1. The van der Waals surface area contributed by atoms with Crippen molar-refractivity contribution in [1.82, 2.24) is 0 Å². The summed E-state index contributed by atoms with van der Waals surface area (Å²) in [7, 11) is -4.64. The lowest BCUT2D eigenvalue weighted by Gasteiger charge is -2.35. The van der Waals surface area contributed by atoms with Gasteiger partial charge >= 0.3 is 7.82 Å². The average molecular weight is 298 g/mol. The normalized spacial score (nSPS) is 12.3. The van der Waals surface area contributed by atoms with Gasteiger partial charge in [0.05, 0.1) is 0 Å². The van der Waals surface area contributed by atoms with E-state index in [2.05, 4.69) is 5.32 Å². The second-order valence-electron chi connectivity index (χ2n) is 3.66. The van der Waals surface area contributed by atoms with Crippen molar-refractivity contribution in [3.05, 3.63) is 5.32 Å². The number of alkyl halides is 4. The van der Waals surface area contributed by atoms with Crippen LogP contribution in [0, 0.1) is 0 Å². The summed E-state index contributed by atoms with van der Waals surface area (Å²) >= 11 is 0. The zero-order valence-corrected chi connectivity index (χ0v) is 10.8. The van der Waals surface area contributed by atoms with Gasteiger partial charge in [-0.1, -0.05) is 13.8 Å². The molecule has 0 atom stereocenters. The van der Waals surface area contributed by atoms with E-state index in [0.29, 0.717) is 0 Å². The van der Waals surface area contributed by atoms with Gasteiger partial charge in [-0.2, -0.15) is 0 Å². The molecule has 0 aliphatic heterocycles. The van der Waals surface area contributed by atoms with E-state index >= 15 is 0 Å². The van der Waals surface area contributed by atoms with E-state index in [1.165, 1.54) is 0 Å². The topological polar surface area (TPSA) is 91.9 Å². The molecule has 0 aromatic rings. The largest absolute Gasteiger partial charge is 0.657 e. The van der Waals surface area contributed by atoms with Crippen LogP contribution in [0.2, 0.25) is 0 Å². The Balaban J connectivity index is 0. The summed E-state index contributed by atoms with van der Waals surface area (Å²) in [6, 6.07) is -1.09. The molecular formula is C8H17F4NO4P-. The first kappa shape index (κ1) is 20.1. The summed E-state index contributed by atoms with van der Waals surface area (Å²) < 4.78 is 56.4. The van der Waals surface area contributed by atoms with Crippen molar-refractivity contribution in [1.29, 1.82) is 0 Å². The SMILES string of the molecule is CC(C)[N-]C(CC(F)F)CC(F)F.O=P(O)(O)O. The lowest BCUT2D eigenvalue weighted by atomic mass is 10.1. The van der Waals surface area contributed by atoms with Crippen LogP contribution in [0.25, 0.3) is 5.32 Å². The molecule has 112 valence electrons. The Morgan fingerprint density at radius 1 is 1.00 bits per heavy atom. The molecule has 0 radical (unpaired) electrons. The van der Waals surface area contributed by atoms with E-state index < -0.39 is 39.6 Å². The zero-order valence-electron chi connectivity index (χ0n) is 9.88. The summed E-state index contributed by atoms with van der Waals surface area (Å²) in [5.74, 6) is 0. The molecule has 18 heavy (non-hydrogen) atoms. The first-order valence-electron chi connectivity index (χ1n) is 4.96. The quantitative estimate of drug-likeness (QED) is 0.519. The molecule has 0 spiro atoms. The third-order valence-corrected chi connectivity index (χ3v) is 1.41. The van der Waals surface area contributed by atoms with Crippen LogP contribution >= 0.6 is 7.82 Å². The number of rotatable bonds is 6. The summed E-state index contributed by atoms with van der Waals surface area (Å²) in [6.07, 6.45) is -6.26. The molecule has 0 aliphatic carbocycles. The fourth-order valence-electron chi connectivity index (χ4n) is 1.05. The Kier molecular flexibility index (Phi) is 10.8. The fourth-order valence-corrected chi connectivity index (χ4v) is 1.05. The third kappa shape index (κ3) is 24.8. The predicted octanol–water partition coefficient (Wildman–Crippen LogP) is 2.52. The van der Waals surface area contributed by atoms with Gasteiger partial charge in [-0.25, -0.2) is 22.1 Å². The van der Waals surface area contributed by atoms with Crippen LogP contribution in [0.1, 0.15) is 26.7 Å². The fraction of sp³-hybridized carbons (Fsp3) is 1.00. The van der Waals surface area contributed by atoms with Crippen molar-refractivity contribution < 1.29 is 36.8 Å². The van der Waals surface area contributed by atoms with Crippen LogP contribution in [-0.4, -0.2) is 39.6 Å². The Morgan fingerprint density at radius 2 is 1.28 bits per heavy atom. The predicted molar refractivity (Wildman–Crippen MR) is 57.8 cm³/mol. The molecule has 5 nitrogen and oxygen atoms in total. The first-order valence-corrected chi connectivity index (χ1v) is 6.52. The maximum Gasteiger partial charge on any atom is 0.466 e. The highest BCUT2D eigenvalue weighted by Crippen LogP contribution is 2.25. The van der Waals surface area contributed by atoms with Crippen molar-refractivity contribution in [3.63, 3.8) is 0 Å². The van der Waals surface area contributed by atoms with Crippen molar-refractivity contribution in [3.8, 4) is 0 Å². The van der Waals surface area contributed by atoms with E-state index in [1.54, 1.807) is 13.8 Å². The molecule has 0 amide bonds. The van der Waals surface area contributed by atoms with Crippen LogP contribution in [0.4, 0.5) is 17.6 Å². The van der Waals surface area contributed by atoms with Crippen molar-refractivity contribution >= 4 is 7.82 Å². The average Bonchev–Trinajstić information content (AvgIpc) is 1.94. The molecule has 0 unspecified atom stereocenters. The zero-order chi connectivity index (χ0) is 14.9. The van der Waals surface area contributed by atoms with Gasteiger partial charge in [-0.3, -0.25) is 0 Å². The summed E-state index contributed by atoms with van der Waals surface area (Å²) in [4.78, 5) is 21.6. The monoisotopic (exact) mass is 298 g/mol. The lowest BCUT2D eigenvalue weighted by molar-refractivity contribution is 0.0986. The minimum absolute atomic E-state index is 0.178. The van der Waals surface area contributed by atoms with Gasteiger partial charge in [0, 0.05) is 0 Å². The minimum Gasteiger partial charge on any atom is -0.657 e. The van der Waals surface area contributed by atoms with Crippen molar-refractivity contribution in [2.75, 3.05) is 0 Å². The molecule has 0 aromatic heterocycles. The maximum absolute atomic E-state index is 11.9. The molecular weight excluding hydrogens is 281 g/mol. The van der Waals surface area contributed by atoms with Gasteiger partial charge in [-0.15, -0.1) is 12.1 Å². The highest BCUT2D eigenvalue weighted by atomic mass is 31.2.